The van der Waals surface area contributed by atoms with Crippen LogP contribution in [0.15, 0.2) is 11.6 Å². The average Bonchev–Trinajstić information content (AvgIpc) is 3.32. The van der Waals surface area contributed by atoms with Crippen molar-refractivity contribution >= 4 is 11.9 Å². The van der Waals surface area contributed by atoms with Crippen molar-refractivity contribution in [1.29, 1.82) is 0 Å². The predicted molar refractivity (Wildman–Crippen MR) is 105 cm³/mol. The Hall–Kier alpha value is -1.36. The van der Waals surface area contributed by atoms with E-state index in [-0.39, 0.29) is 16.9 Å². The fraction of sp³-hybridized carbons (Fsp3) is 0.833. The first-order chi connectivity index (χ1) is 13.7. The van der Waals surface area contributed by atoms with Gasteiger partial charge in [-0.25, -0.2) is 0 Å². The molecule has 0 radical (unpaired) electrons. The number of ether oxygens (including phenoxy) is 1. The van der Waals surface area contributed by atoms with Crippen molar-refractivity contribution in [2.24, 2.45) is 46.3 Å². The quantitative estimate of drug-likeness (QED) is 0.399. The number of allylic oxidation sites excluding steroid dienone is 1. The molecule has 1 heterocycles. The minimum atomic E-state index is -1.02. The van der Waals surface area contributed by atoms with Gasteiger partial charge in [-0.15, -0.1) is 0 Å². The van der Waals surface area contributed by atoms with Gasteiger partial charge in [-0.1, -0.05) is 25.5 Å². The molecule has 1 aliphatic heterocycles. The number of hydrogen-bond donors (Lipinski definition) is 2. The van der Waals surface area contributed by atoms with Crippen LogP contribution in [0.2, 0.25) is 0 Å². The number of aliphatic carboxylic acids is 1. The van der Waals surface area contributed by atoms with Crippen molar-refractivity contribution in [1.82, 2.24) is 0 Å². The number of hydrogen-bond acceptors (Lipinski definition) is 4. The Morgan fingerprint density at radius 3 is 2.69 bits per heavy atom. The lowest BCUT2D eigenvalue weighted by molar-refractivity contribution is -0.176. The number of carboxylic acids is 1. The van der Waals surface area contributed by atoms with Crippen molar-refractivity contribution in [2.75, 3.05) is 0 Å². The van der Waals surface area contributed by atoms with Crippen LogP contribution >= 0.6 is 0 Å². The molecule has 0 amide bonds. The number of esters is 1. The van der Waals surface area contributed by atoms with E-state index in [1.54, 1.807) is 0 Å². The Kier molecular flexibility index (Phi) is 3.47. The lowest BCUT2D eigenvalue weighted by atomic mass is 9.45. The summed E-state index contributed by atoms with van der Waals surface area (Å²) in [6, 6.07) is 0. The number of rotatable bonds is 1. The second kappa shape index (κ2) is 5.46. The normalized spacial score (nSPS) is 57.3. The van der Waals surface area contributed by atoms with E-state index in [1.165, 1.54) is 5.57 Å². The van der Waals surface area contributed by atoms with Gasteiger partial charge in [-0.3, -0.25) is 9.59 Å². The van der Waals surface area contributed by atoms with Gasteiger partial charge in [0.15, 0.2) is 5.92 Å². The van der Waals surface area contributed by atoms with Crippen LogP contribution in [0.5, 0.6) is 0 Å². The molecular weight excluding hydrogens is 368 g/mol. The minimum Gasteiger partial charge on any atom is -0.481 e. The first kappa shape index (κ1) is 18.4. The summed E-state index contributed by atoms with van der Waals surface area (Å²) < 4.78 is 6.07. The largest absolute Gasteiger partial charge is 0.481 e. The zero-order chi connectivity index (χ0) is 20.3. The minimum absolute atomic E-state index is 0.0997. The molecule has 7 unspecified atom stereocenters. The maximum atomic E-state index is 12.5. The zero-order valence-electron chi connectivity index (χ0n) is 17.4. The Bertz CT molecular complexity index is 833. The van der Waals surface area contributed by atoms with E-state index >= 15 is 0 Å². The molecule has 5 heteroatoms. The van der Waals surface area contributed by atoms with E-state index in [0.717, 1.165) is 44.9 Å². The number of carbonyl (C=O) groups excluding carboxylic acids is 1. The van der Waals surface area contributed by atoms with E-state index in [2.05, 4.69) is 19.9 Å². The molecule has 1 saturated heterocycles. The van der Waals surface area contributed by atoms with Crippen LogP contribution in [-0.4, -0.2) is 33.9 Å². The Morgan fingerprint density at radius 1 is 1.17 bits per heavy atom. The molecule has 0 aromatic carbocycles. The number of carboxylic acid groups (broad SMARTS) is 1. The third-order valence-corrected chi connectivity index (χ3v) is 10.6. The molecule has 0 aromatic heterocycles. The van der Waals surface area contributed by atoms with Crippen LogP contribution in [-0.2, 0) is 14.3 Å². The van der Waals surface area contributed by atoms with Crippen molar-refractivity contribution in [3.8, 4) is 0 Å². The molecule has 4 saturated carbocycles. The topological polar surface area (TPSA) is 83.8 Å². The number of fused-ring (bicyclic) bond motifs is 9. The molecule has 5 fully saturated rings. The number of aliphatic hydroxyl groups is 1. The molecule has 1 spiro atoms. The molecule has 6 rings (SSSR count). The van der Waals surface area contributed by atoms with Crippen LogP contribution in [0, 0.1) is 46.3 Å². The molecule has 5 aliphatic carbocycles. The molecule has 6 aliphatic rings. The lowest BCUT2D eigenvalue weighted by Gasteiger charge is -2.60. The molecular formula is C24H32O5. The highest BCUT2D eigenvalue weighted by Gasteiger charge is 2.80. The van der Waals surface area contributed by atoms with E-state index in [0.29, 0.717) is 36.0 Å². The van der Waals surface area contributed by atoms with Crippen LogP contribution < -0.4 is 0 Å². The molecule has 29 heavy (non-hydrogen) atoms. The molecule has 2 N–H and O–H groups in total. The summed E-state index contributed by atoms with van der Waals surface area (Å²) in [4.78, 5) is 24.1. The summed E-state index contributed by atoms with van der Waals surface area (Å²) in [7, 11) is 0. The summed E-state index contributed by atoms with van der Waals surface area (Å²) in [5.41, 5.74) is 1.01. The van der Waals surface area contributed by atoms with E-state index < -0.39 is 23.5 Å². The van der Waals surface area contributed by atoms with Crippen LogP contribution in [0.25, 0.3) is 0 Å². The first-order valence-corrected chi connectivity index (χ1v) is 11.5. The fourth-order valence-corrected chi connectivity index (χ4v) is 9.19. The second-order valence-corrected chi connectivity index (χ2v) is 11.4. The Morgan fingerprint density at radius 2 is 1.97 bits per heavy atom. The van der Waals surface area contributed by atoms with Crippen LogP contribution in [0.4, 0.5) is 0 Å². The van der Waals surface area contributed by atoms with Crippen LogP contribution in [0.1, 0.15) is 65.2 Å². The maximum Gasteiger partial charge on any atom is 0.321 e. The third-order valence-electron chi connectivity index (χ3n) is 10.6. The number of aliphatic hydroxyl groups excluding tert-OH is 1. The SMILES string of the molecule is C[C@]12CCC(O)CC1=CCC1C2CC[C@@]2(C)C1C1CC1[C@@]21CC(C(=O)O)C(=O)O1. The van der Waals surface area contributed by atoms with Gasteiger partial charge in [0.05, 0.1) is 6.10 Å². The Labute approximate surface area is 171 Å². The zero-order valence-corrected chi connectivity index (χ0v) is 17.4. The standard InChI is InChI=1S/C24H32O5/c1-22-7-5-13(25)9-12(22)3-4-14-17(22)6-8-23(2)19(14)15-10-18(15)24(23)11-16(20(26)27)21(28)29-24/h3,13-19,25H,4-11H2,1-2H3,(H,26,27)/t13?,14?,15?,16?,17?,18?,19?,22-,23-,24-/m0/s1. The van der Waals surface area contributed by atoms with Crippen LogP contribution in [0.3, 0.4) is 0 Å². The van der Waals surface area contributed by atoms with Crippen molar-refractivity contribution < 1.29 is 24.5 Å². The van der Waals surface area contributed by atoms with E-state index in [4.69, 9.17) is 4.74 Å². The third kappa shape index (κ3) is 2.06. The molecule has 10 atom stereocenters. The van der Waals surface area contributed by atoms with E-state index in [1.807, 2.05) is 0 Å². The van der Waals surface area contributed by atoms with Gasteiger partial charge < -0.3 is 14.9 Å². The molecule has 0 aromatic rings. The van der Waals surface area contributed by atoms with Crippen molar-refractivity contribution in [3.05, 3.63) is 11.6 Å². The molecule has 0 bridgehead atoms. The van der Waals surface area contributed by atoms with Gasteiger partial charge in [0.25, 0.3) is 0 Å². The summed E-state index contributed by atoms with van der Waals surface area (Å²) in [6.45, 7) is 4.74. The summed E-state index contributed by atoms with van der Waals surface area (Å²) >= 11 is 0. The number of carbonyl (C=O) groups is 2. The highest BCUT2D eigenvalue weighted by atomic mass is 16.6. The molecule has 5 nitrogen and oxygen atoms in total. The van der Waals surface area contributed by atoms with Gasteiger partial charge in [0.2, 0.25) is 0 Å². The monoisotopic (exact) mass is 400 g/mol. The fourth-order valence-electron chi connectivity index (χ4n) is 9.19. The molecule has 158 valence electrons. The van der Waals surface area contributed by atoms with Crippen molar-refractivity contribution in [3.63, 3.8) is 0 Å². The van der Waals surface area contributed by atoms with Gasteiger partial charge in [0, 0.05) is 17.8 Å². The lowest BCUT2D eigenvalue weighted by Crippen LogP contribution is -2.56. The summed E-state index contributed by atoms with van der Waals surface area (Å²) in [6.07, 6.45) is 9.72. The van der Waals surface area contributed by atoms with Gasteiger partial charge in [-0.05, 0) is 74.0 Å². The Balaban J connectivity index is 1.37. The van der Waals surface area contributed by atoms with Gasteiger partial charge in [0.1, 0.15) is 5.60 Å². The smallest absolute Gasteiger partial charge is 0.321 e. The average molecular weight is 401 g/mol. The van der Waals surface area contributed by atoms with Crippen molar-refractivity contribution in [2.45, 2.75) is 76.9 Å². The highest BCUT2D eigenvalue weighted by molar-refractivity contribution is 5.96. The highest BCUT2D eigenvalue weighted by Crippen LogP contribution is 2.79. The first-order valence-electron chi connectivity index (χ1n) is 11.5. The summed E-state index contributed by atoms with van der Waals surface area (Å²) in [5.74, 6) is 0.172. The predicted octanol–water partition coefficient (Wildman–Crippen LogP) is 3.55. The summed E-state index contributed by atoms with van der Waals surface area (Å²) in [5, 5.41) is 19.7. The van der Waals surface area contributed by atoms with Gasteiger partial charge >= 0.3 is 11.9 Å². The van der Waals surface area contributed by atoms with E-state index in [9.17, 15) is 19.8 Å². The maximum absolute atomic E-state index is 12.5. The van der Waals surface area contributed by atoms with Gasteiger partial charge in [-0.2, -0.15) is 0 Å². The second-order valence-electron chi connectivity index (χ2n) is 11.4.